The van der Waals surface area contributed by atoms with E-state index in [-0.39, 0.29) is 23.1 Å². The fraction of sp³-hybridized carbons (Fsp3) is 0.667. The quantitative estimate of drug-likeness (QED) is 0.684. The molecule has 1 aromatic heterocycles. The van der Waals surface area contributed by atoms with Gasteiger partial charge in [0.15, 0.2) is 16.7 Å². The Morgan fingerprint density at radius 3 is 2.84 bits per heavy atom. The molecule has 1 atom stereocenters. The molecule has 5 nitrogen and oxygen atoms in total. The molecule has 0 aromatic carbocycles. The number of hydrogen-bond donors (Lipinski definition) is 1. The van der Waals surface area contributed by atoms with E-state index in [0.29, 0.717) is 18.0 Å². The number of methoxy groups -OCH3 is 1. The largest absolute Gasteiger partial charge is 0.490 e. The van der Waals surface area contributed by atoms with E-state index in [1.807, 2.05) is 0 Å². The van der Waals surface area contributed by atoms with E-state index < -0.39 is 0 Å². The van der Waals surface area contributed by atoms with Crippen molar-refractivity contribution in [2.75, 3.05) is 25.2 Å². The van der Waals surface area contributed by atoms with Crippen LogP contribution in [0, 0.1) is 0 Å². The van der Waals surface area contributed by atoms with Gasteiger partial charge in [0.25, 0.3) is 0 Å². The van der Waals surface area contributed by atoms with Crippen LogP contribution in [0.1, 0.15) is 25.7 Å². The van der Waals surface area contributed by atoms with Crippen LogP contribution in [0.25, 0.3) is 0 Å². The van der Waals surface area contributed by atoms with Gasteiger partial charge in [-0.2, -0.15) is 4.98 Å². The van der Waals surface area contributed by atoms with Crippen molar-refractivity contribution in [3.8, 4) is 5.75 Å². The molecule has 0 amide bonds. The van der Waals surface area contributed by atoms with Crippen LogP contribution in [0.5, 0.6) is 5.75 Å². The summed E-state index contributed by atoms with van der Waals surface area (Å²) in [6.45, 7) is 1.00. The third-order valence-corrected chi connectivity index (χ3v) is 3.77. The van der Waals surface area contributed by atoms with Gasteiger partial charge < -0.3 is 14.7 Å². The predicted octanol–water partition coefficient (Wildman–Crippen LogP) is 2.53. The van der Waals surface area contributed by atoms with Gasteiger partial charge in [0, 0.05) is 19.2 Å². The predicted molar refractivity (Wildman–Crippen MR) is 75.3 cm³/mol. The molecule has 2 rings (SSSR count). The van der Waals surface area contributed by atoms with Gasteiger partial charge in [-0.05, 0) is 37.3 Å². The number of halogens is 2. The number of piperidine rings is 1. The zero-order chi connectivity index (χ0) is 13.8. The van der Waals surface area contributed by atoms with E-state index in [9.17, 15) is 5.11 Å². The smallest absolute Gasteiger partial charge is 0.226 e. The second kappa shape index (κ2) is 6.59. The molecule has 0 saturated carbocycles. The van der Waals surface area contributed by atoms with Gasteiger partial charge >= 0.3 is 0 Å². The maximum Gasteiger partial charge on any atom is 0.226 e. The Morgan fingerprint density at radius 1 is 1.37 bits per heavy atom. The standard InChI is InChI=1S/C12H17Cl2N3O2/c1-19-9-10(13)15-12(14)16-11(9)17-6-3-2-4-8(17)5-7-18/h8,18H,2-7H2,1H3/t8-/m0/s1. The third kappa shape index (κ3) is 3.22. The molecule has 1 aliphatic heterocycles. The SMILES string of the molecule is COc1c(Cl)nc(Cl)nc1N1CCCC[C@H]1CCO. The van der Waals surface area contributed by atoms with Crippen LogP contribution in [0.2, 0.25) is 10.4 Å². The summed E-state index contributed by atoms with van der Waals surface area (Å²) < 4.78 is 5.29. The van der Waals surface area contributed by atoms with Crippen LogP contribution in [0.3, 0.4) is 0 Å². The maximum absolute atomic E-state index is 9.18. The molecule has 0 radical (unpaired) electrons. The van der Waals surface area contributed by atoms with Crippen molar-refractivity contribution in [3.05, 3.63) is 10.4 Å². The van der Waals surface area contributed by atoms with Gasteiger partial charge in [-0.3, -0.25) is 0 Å². The minimum Gasteiger partial charge on any atom is -0.490 e. The first-order chi connectivity index (χ1) is 9.17. The Labute approximate surface area is 122 Å². The monoisotopic (exact) mass is 305 g/mol. The number of aliphatic hydroxyl groups excluding tert-OH is 1. The first-order valence-corrected chi connectivity index (χ1v) is 7.07. The number of aromatic nitrogens is 2. The van der Waals surface area contributed by atoms with Crippen molar-refractivity contribution >= 4 is 29.0 Å². The van der Waals surface area contributed by atoms with Gasteiger partial charge in [-0.15, -0.1) is 0 Å². The average Bonchev–Trinajstić information content (AvgIpc) is 2.39. The molecule has 1 fully saturated rings. The molecule has 19 heavy (non-hydrogen) atoms. The highest BCUT2D eigenvalue weighted by atomic mass is 35.5. The second-order valence-electron chi connectivity index (χ2n) is 4.50. The van der Waals surface area contributed by atoms with E-state index in [0.717, 1.165) is 25.8 Å². The molecule has 1 aliphatic rings. The summed E-state index contributed by atoms with van der Waals surface area (Å²) >= 11 is 11.9. The molecule has 1 saturated heterocycles. The topological polar surface area (TPSA) is 58.5 Å². The minimum atomic E-state index is 0.106. The van der Waals surface area contributed by atoms with Crippen LogP contribution in [-0.4, -0.2) is 41.4 Å². The Hall–Kier alpha value is -0.780. The fourth-order valence-electron chi connectivity index (χ4n) is 2.49. The molecule has 0 spiro atoms. The van der Waals surface area contributed by atoms with Crippen LogP contribution >= 0.6 is 23.2 Å². The highest BCUT2D eigenvalue weighted by molar-refractivity contribution is 6.33. The molecule has 0 unspecified atom stereocenters. The zero-order valence-corrected chi connectivity index (χ0v) is 12.3. The number of rotatable bonds is 4. The molecule has 1 N–H and O–H groups in total. The van der Waals surface area contributed by atoms with Gasteiger partial charge in [-0.25, -0.2) is 4.98 Å². The summed E-state index contributed by atoms with van der Waals surface area (Å²) in [6, 6.07) is 0.231. The normalized spacial score (nSPS) is 19.6. The first kappa shape index (κ1) is 14.6. The summed E-state index contributed by atoms with van der Waals surface area (Å²) in [5.41, 5.74) is 0. The fourth-order valence-corrected chi connectivity index (χ4v) is 2.94. The summed E-state index contributed by atoms with van der Waals surface area (Å²) in [4.78, 5) is 10.2. The molecular formula is C12H17Cl2N3O2. The van der Waals surface area contributed by atoms with Crippen LogP contribution in [-0.2, 0) is 0 Å². The van der Waals surface area contributed by atoms with E-state index in [2.05, 4.69) is 14.9 Å². The van der Waals surface area contributed by atoms with Crippen molar-refractivity contribution in [3.63, 3.8) is 0 Å². The number of ether oxygens (including phenoxy) is 1. The van der Waals surface area contributed by atoms with Gasteiger partial charge in [-0.1, -0.05) is 11.6 Å². The lowest BCUT2D eigenvalue weighted by molar-refractivity contribution is 0.261. The summed E-state index contributed by atoms with van der Waals surface area (Å²) in [5.74, 6) is 1.06. The molecule has 2 heterocycles. The number of aliphatic hydroxyl groups is 1. The average molecular weight is 306 g/mol. The van der Waals surface area contributed by atoms with Gasteiger partial charge in [0.1, 0.15) is 0 Å². The van der Waals surface area contributed by atoms with E-state index in [1.54, 1.807) is 0 Å². The highest BCUT2D eigenvalue weighted by Crippen LogP contribution is 2.37. The molecular weight excluding hydrogens is 289 g/mol. The van der Waals surface area contributed by atoms with E-state index >= 15 is 0 Å². The molecule has 106 valence electrons. The highest BCUT2D eigenvalue weighted by Gasteiger charge is 2.27. The van der Waals surface area contributed by atoms with Gasteiger partial charge in [0.05, 0.1) is 7.11 Å². The van der Waals surface area contributed by atoms with Crippen molar-refractivity contribution < 1.29 is 9.84 Å². The summed E-state index contributed by atoms with van der Waals surface area (Å²) in [5, 5.41) is 9.50. The lowest BCUT2D eigenvalue weighted by atomic mass is 9.99. The Balaban J connectivity index is 2.37. The Morgan fingerprint density at radius 2 is 2.16 bits per heavy atom. The number of anilines is 1. The summed E-state index contributed by atoms with van der Waals surface area (Å²) in [7, 11) is 1.53. The minimum absolute atomic E-state index is 0.106. The van der Waals surface area contributed by atoms with Crippen molar-refractivity contribution in [1.82, 2.24) is 9.97 Å². The van der Waals surface area contributed by atoms with Crippen LogP contribution < -0.4 is 9.64 Å². The van der Waals surface area contributed by atoms with E-state index in [4.69, 9.17) is 27.9 Å². The number of hydrogen-bond acceptors (Lipinski definition) is 5. The third-order valence-electron chi connectivity index (χ3n) is 3.34. The maximum atomic E-state index is 9.18. The van der Waals surface area contributed by atoms with Crippen LogP contribution in [0.4, 0.5) is 5.82 Å². The molecule has 1 aromatic rings. The Bertz CT molecular complexity index is 443. The van der Waals surface area contributed by atoms with Crippen molar-refractivity contribution in [2.45, 2.75) is 31.7 Å². The first-order valence-electron chi connectivity index (χ1n) is 6.32. The van der Waals surface area contributed by atoms with E-state index in [1.165, 1.54) is 7.11 Å². The van der Waals surface area contributed by atoms with Crippen molar-refractivity contribution in [1.29, 1.82) is 0 Å². The lowest BCUT2D eigenvalue weighted by Crippen LogP contribution is -2.41. The van der Waals surface area contributed by atoms with Crippen molar-refractivity contribution in [2.24, 2.45) is 0 Å². The number of nitrogens with zero attached hydrogens (tertiary/aromatic N) is 3. The van der Waals surface area contributed by atoms with Crippen LogP contribution in [0.15, 0.2) is 0 Å². The molecule has 7 heteroatoms. The second-order valence-corrected chi connectivity index (χ2v) is 5.19. The zero-order valence-electron chi connectivity index (χ0n) is 10.8. The summed E-state index contributed by atoms with van der Waals surface area (Å²) in [6.07, 6.45) is 3.94. The molecule has 0 aliphatic carbocycles. The molecule has 0 bridgehead atoms. The Kier molecular flexibility index (Phi) is 5.07. The van der Waals surface area contributed by atoms with Gasteiger partial charge in [0.2, 0.25) is 5.28 Å². The lowest BCUT2D eigenvalue weighted by Gasteiger charge is -2.37.